The molecule has 5 rings (SSSR count). The van der Waals surface area contributed by atoms with E-state index in [9.17, 15) is 19.2 Å². The van der Waals surface area contributed by atoms with Crippen molar-refractivity contribution < 1.29 is 23.9 Å². The van der Waals surface area contributed by atoms with Gasteiger partial charge in [0.2, 0.25) is 11.8 Å². The maximum atomic E-state index is 13.2. The molecule has 0 spiro atoms. The van der Waals surface area contributed by atoms with Crippen molar-refractivity contribution in [3.05, 3.63) is 29.3 Å². The number of anilines is 1. The summed E-state index contributed by atoms with van der Waals surface area (Å²) in [5.74, 6) is -1.95. The number of fused-ring (bicyclic) bond motifs is 1. The zero-order chi connectivity index (χ0) is 22.4. The van der Waals surface area contributed by atoms with E-state index in [1.165, 1.54) is 0 Å². The number of benzene rings is 1. The summed E-state index contributed by atoms with van der Waals surface area (Å²) in [5, 5.41) is 5.63. The predicted molar refractivity (Wildman–Crippen MR) is 115 cm³/mol. The summed E-state index contributed by atoms with van der Waals surface area (Å²) in [7, 11) is 2.13. The van der Waals surface area contributed by atoms with Crippen molar-refractivity contribution in [2.75, 3.05) is 25.5 Å². The zero-order valence-electron chi connectivity index (χ0n) is 18.1. The third kappa shape index (κ3) is 3.80. The maximum absolute atomic E-state index is 13.2. The van der Waals surface area contributed by atoms with Crippen molar-refractivity contribution in [2.45, 2.75) is 62.8 Å². The molecule has 0 radical (unpaired) electrons. The van der Waals surface area contributed by atoms with Gasteiger partial charge in [0, 0.05) is 31.2 Å². The van der Waals surface area contributed by atoms with Gasteiger partial charge in [-0.3, -0.25) is 29.4 Å². The first-order chi connectivity index (χ1) is 15.4. The van der Waals surface area contributed by atoms with E-state index < -0.39 is 23.8 Å². The Morgan fingerprint density at radius 1 is 1.00 bits per heavy atom. The fourth-order valence-electron chi connectivity index (χ4n) is 5.04. The molecule has 3 fully saturated rings. The van der Waals surface area contributed by atoms with E-state index in [2.05, 4.69) is 22.6 Å². The van der Waals surface area contributed by atoms with Gasteiger partial charge in [0.05, 0.1) is 23.3 Å². The van der Waals surface area contributed by atoms with Crippen molar-refractivity contribution >= 4 is 29.3 Å². The van der Waals surface area contributed by atoms with Gasteiger partial charge in [-0.05, 0) is 51.3 Å². The Kier molecular flexibility index (Phi) is 5.46. The lowest BCUT2D eigenvalue weighted by atomic mass is 9.88. The van der Waals surface area contributed by atoms with Crippen LogP contribution < -0.4 is 10.6 Å². The van der Waals surface area contributed by atoms with E-state index in [-0.39, 0.29) is 30.9 Å². The molecule has 0 bridgehead atoms. The van der Waals surface area contributed by atoms with Gasteiger partial charge in [0.15, 0.2) is 0 Å². The number of likely N-dealkylation sites (tertiary alicyclic amines) is 1. The molecule has 3 heterocycles. The van der Waals surface area contributed by atoms with Gasteiger partial charge in [-0.15, -0.1) is 0 Å². The van der Waals surface area contributed by atoms with Crippen LogP contribution in [0.1, 0.15) is 59.2 Å². The highest BCUT2D eigenvalue weighted by atomic mass is 16.5. The predicted octanol–water partition coefficient (Wildman–Crippen LogP) is 1.14. The third-order valence-corrected chi connectivity index (χ3v) is 6.97. The second kappa shape index (κ2) is 8.29. The van der Waals surface area contributed by atoms with Gasteiger partial charge in [-0.25, -0.2) is 0 Å². The highest BCUT2D eigenvalue weighted by Gasteiger charge is 2.46. The highest BCUT2D eigenvalue weighted by molar-refractivity contribution is 6.25. The summed E-state index contributed by atoms with van der Waals surface area (Å²) in [6.45, 7) is 2.13. The number of piperidine rings is 2. The largest absolute Gasteiger partial charge is 0.381 e. The molecule has 32 heavy (non-hydrogen) atoms. The van der Waals surface area contributed by atoms with Gasteiger partial charge < -0.3 is 15.0 Å². The molecular weight excluding hydrogens is 412 g/mol. The first-order valence-corrected chi connectivity index (χ1v) is 11.4. The number of hydrogen-bond acceptors (Lipinski definition) is 7. The van der Waals surface area contributed by atoms with Crippen molar-refractivity contribution in [2.24, 2.45) is 0 Å². The monoisotopic (exact) mass is 440 g/mol. The normalized spacial score (nSPS) is 29.0. The summed E-state index contributed by atoms with van der Waals surface area (Å²) < 4.78 is 6.22. The molecule has 3 aliphatic heterocycles. The Bertz CT molecular complexity index is 965. The smallest absolute Gasteiger partial charge is 0.264 e. The molecule has 1 atom stereocenters. The molecule has 1 unspecified atom stereocenters. The molecule has 1 saturated carbocycles. The van der Waals surface area contributed by atoms with Crippen molar-refractivity contribution in [3.63, 3.8) is 0 Å². The van der Waals surface area contributed by atoms with Crippen LogP contribution in [0.25, 0.3) is 0 Å². The number of hydrogen-bond donors (Lipinski definition) is 2. The van der Waals surface area contributed by atoms with Crippen LogP contribution in [0.3, 0.4) is 0 Å². The van der Waals surface area contributed by atoms with Crippen LogP contribution in [0, 0.1) is 0 Å². The number of nitrogens with one attached hydrogen (secondary N) is 2. The number of nitrogens with zero attached hydrogens (tertiary/aromatic N) is 2. The molecular formula is C23H28N4O5. The number of amides is 4. The van der Waals surface area contributed by atoms with Gasteiger partial charge in [-0.2, -0.15) is 0 Å². The van der Waals surface area contributed by atoms with Crippen LogP contribution >= 0.6 is 0 Å². The summed E-state index contributed by atoms with van der Waals surface area (Å²) >= 11 is 0. The number of carbonyl (C=O) groups is 4. The van der Waals surface area contributed by atoms with E-state index in [1.807, 2.05) is 0 Å². The van der Waals surface area contributed by atoms with Crippen molar-refractivity contribution in [1.29, 1.82) is 0 Å². The minimum absolute atomic E-state index is 0.107. The number of imide groups is 2. The average Bonchev–Trinajstić information content (AvgIpc) is 2.99. The zero-order valence-corrected chi connectivity index (χ0v) is 18.1. The number of rotatable bonds is 5. The van der Waals surface area contributed by atoms with Crippen molar-refractivity contribution in [1.82, 2.24) is 15.1 Å². The first kappa shape index (κ1) is 21.1. The summed E-state index contributed by atoms with van der Waals surface area (Å²) in [6.07, 6.45) is 4.63. The Hall–Kier alpha value is -2.78. The van der Waals surface area contributed by atoms with E-state index in [0.29, 0.717) is 22.9 Å². The number of carbonyl (C=O) groups excluding carboxylic acids is 4. The quantitative estimate of drug-likeness (QED) is 0.661. The Labute approximate surface area is 186 Å². The molecule has 170 valence electrons. The molecule has 1 aromatic carbocycles. The molecule has 2 N–H and O–H groups in total. The van der Waals surface area contributed by atoms with Gasteiger partial charge in [0.1, 0.15) is 6.04 Å². The Morgan fingerprint density at radius 2 is 1.75 bits per heavy atom. The summed E-state index contributed by atoms with van der Waals surface area (Å²) in [5.41, 5.74) is 1.21. The van der Waals surface area contributed by atoms with E-state index in [1.54, 1.807) is 18.2 Å². The van der Waals surface area contributed by atoms with Gasteiger partial charge in [0.25, 0.3) is 11.8 Å². The lowest BCUT2D eigenvalue weighted by Crippen LogP contribution is -2.54. The van der Waals surface area contributed by atoms with E-state index >= 15 is 0 Å². The SMILES string of the molecule is CN1CCC(OC2CC(Nc3cccc4c3C(=O)N(C3CCC(=O)NC3=O)C4=O)C2)CC1. The van der Waals surface area contributed by atoms with Crippen LogP contribution in [-0.4, -0.2) is 77.9 Å². The lowest BCUT2D eigenvalue weighted by Gasteiger charge is -2.40. The molecule has 4 amide bonds. The standard InChI is InChI=1S/C23H28N4O5/c1-26-9-7-14(8-10-26)32-15-11-13(12-15)24-17-4-2-3-16-20(17)23(31)27(22(16)30)18-5-6-19(28)25-21(18)29/h2-4,13-15,18,24H,5-12H2,1H3,(H,25,28,29). The minimum Gasteiger partial charge on any atom is -0.381 e. The highest BCUT2D eigenvalue weighted by Crippen LogP contribution is 2.35. The average molecular weight is 441 g/mol. The fourth-order valence-corrected chi connectivity index (χ4v) is 5.04. The topological polar surface area (TPSA) is 108 Å². The van der Waals surface area contributed by atoms with Gasteiger partial charge in [-0.1, -0.05) is 6.07 Å². The van der Waals surface area contributed by atoms with Crippen LogP contribution in [0.4, 0.5) is 5.69 Å². The van der Waals surface area contributed by atoms with Gasteiger partial charge >= 0.3 is 0 Å². The summed E-state index contributed by atoms with van der Waals surface area (Å²) in [4.78, 5) is 53.1. The lowest BCUT2D eigenvalue weighted by molar-refractivity contribution is -0.136. The van der Waals surface area contributed by atoms with Crippen molar-refractivity contribution in [3.8, 4) is 0 Å². The molecule has 9 heteroatoms. The minimum atomic E-state index is -0.955. The number of ether oxygens (including phenoxy) is 1. The Balaban J connectivity index is 1.23. The molecule has 1 aliphatic carbocycles. The molecule has 0 aromatic heterocycles. The second-order valence-electron chi connectivity index (χ2n) is 9.25. The molecule has 1 aromatic rings. The first-order valence-electron chi connectivity index (χ1n) is 11.4. The fraction of sp³-hybridized carbons (Fsp3) is 0.565. The third-order valence-electron chi connectivity index (χ3n) is 6.97. The van der Waals surface area contributed by atoms with Crippen LogP contribution in [0.15, 0.2) is 18.2 Å². The van der Waals surface area contributed by atoms with Crippen LogP contribution in [0.2, 0.25) is 0 Å². The Morgan fingerprint density at radius 3 is 2.47 bits per heavy atom. The van der Waals surface area contributed by atoms with Crippen LogP contribution in [0.5, 0.6) is 0 Å². The van der Waals surface area contributed by atoms with E-state index in [4.69, 9.17) is 4.74 Å². The second-order valence-corrected chi connectivity index (χ2v) is 9.25. The summed E-state index contributed by atoms with van der Waals surface area (Å²) in [6, 6.07) is 4.36. The van der Waals surface area contributed by atoms with E-state index in [0.717, 1.165) is 43.7 Å². The molecule has 9 nitrogen and oxygen atoms in total. The maximum Gasteiger partial charge on any atom is 0.264 e. The van der Waals surface area contributed by atoms with Crippen LogP contribution in [-0.2, 0) is 14.3 Å². The molecule has 2 saturated heterocycles. The molecule has 4 aliphatic rings.